The molecule has 0 spiro atoms. The molecule has 0 aliphatic carbocycles. The molecule has 0 aromatic rings. The van der Waals surface area contributed by atoms with Gasteiger partial charge in [0.25, 0.3) is 0 Å². The monoisotopic (exact) mass is 436 g/mol. The number of rotatable bonds is 15. The molecular formula is C21H45N2O3PS. The highest BCUT2D eigenvalue weighted by Crippen LogP contribution is 2.50. The van der Waals surface area contributed by atoms with E-state index in [4.69, 9.17) is 9.26 Å². The Kier molecular flexibility index (Phi) is 15.3. The third-order valence-electron chi connectivity index (χ3n) is 4.46. The van der Waals surface area contributed by atoms with Crippen molar-refractivity contribution in [2.24, 2.45) is 5.92 Å². The lowest BCUT2D eigenvalue weighted by molar-refractivity contribution is -0.113. The van der Waals surface area contributed by atoms with Gasteiger partial charge in [-0.25, -0.2) is 9.34 Å². The average molecular weight is 437 g/mol. The standard InChI is InChI=1S/C21H45N2O3PS/c1-11-20(10)21(24)28-14-12-13-25-15-26-27(22(16(2)3)17(4)5)23(18(6)7)19(8)9/h16-20H,11-15H2,1-10H3. The molecule has 0 rings (SSSR count). The van der Waals surface area contributed by atoms with Crippen LogP contribution in [-0.2, 0) is 14.1 Å². The maximum Gasteiger partial charge on any atom is 0.191 e. The van der Waals surface area contributed by atoms with Crippen molar-refractivity contribution >= 4 is 25.3 Å². The van der Waals surface area contributed by atoms with Gasteiger partial charge in [0.2, 0.25) is 0 Å². The van der Waals surface area contributed by atoms with Crippen LogP contribution in [0.5, 0.6) is 0 Å². The smallest absolute Gasteiger partial charge is 0.191 e. The molecule has 0 aliphatic heterocycles. The Balaban J connectivity index is 4.63. The van der Waals surface area contributed by atoms with Gasteiger partial charge in [-0.15, -0.1) is 0 Å². The number of ether oxygens (including phenoxy) is 1. The van der Waals surface area contributed by atoms with E-state index in [0.29, 0.717) is 37.6 Å². The van der Waals surface area contributed by atoms with E-state index in [0.717, 1.165) is 18.6 Å². The van der Waals surface area contributed by atoms with E-state index in [1.165, 1.54) is 11.8 Å². The van der Waals surface area contributed by atoms with Crippen molar-refractivity contribution in [3.05, 3.63) is 0 Å². The first-order valence-electron chi connectivity index (χ1n) is 10.8. The van der Waals surface area contributed by atoms with Gasteiger partial charge >= 0.3 is 0 Å². The van der Waals surface area contributed by atoms with Crippen LogP contribution in [0, 0.1) is 5.92 Å². The predicted molar refractivity (Wildman–Crippen MR) is 125 cm³/mol. The van der Waals surface area contributed by atoms with Crippen molar-refractivity contribution in [2.75, 3.05) is 19.2 Å². The van der Waals surface area contributed by atoms with Gasteiger partial charge in [0.1, 0.15) is 0 Å². The zero-order chi connectivity index (χ0) is 21.9. The molecule has 0 heterocycles. The number of thioether (sulfide) groups is 1. The van der Waals surface area contributed by atoms with Gasteiger partial charge in [-0.05, 0) is 68.2 Å². The lowest BCUT2D eigenvalue weighted by Gasteiger charge is -2.45. The van der Waals surface area contributed by atoms with Crippen molar-refractivity contribution in [3.8, 4) is 0 Å². The second-order valence-electron chi connectivity index (χ2n) is 8.37. The summed E-state index contributed by atoms with van der Waals surface area (Å²) in [6.07, 6.45) is 1.77. The molecule has 0 amide bonds. The molecule has 0 bridgehead atoms. The van der Waals surface area contributed by atoms with Crippen molar-refractivity contribution in [1.82, 2.24) is 9.34 Å². The van der Waals surface area contributed by atoms with Crippen LogP contribution in [0.2, 0.25) is 0 Å². The number of hydrogen-bond acceptors (Lipinski definition) is 6. The second kappa shape index (κ2) is 15.1. The van der Waals surface area contributed by atoms with Crippen LogP contribution in [0.3, 0.4) is 0 Å². The first kappa shape index (κ1) is 28.3. The van der Waals surface area contributed by atoms with Gasteiger partial charge < -0.3 is 9.26 Å². The van der Waals surface area contributed by atoms with E-state index in [2.05, 4.69) is 71.7 Å². The van der Waals surface area contributed by atoms with Crippen LogP contribution in [0.25, 0.3) is 0 Å². The Hall–Kier alpha value is 0.290. The van der Waals surface area contributed by atoms with Crippen LogP contribution in [0.4, 0.5) is 0 Å². The molecule has 1 unspecified atom stereocenters. The SMILES string of the molecule is CCC(C)C(=O)SCCCOCOP(N(C(C)C)C(C)C)N(C(C)C)C(C)C. The maximum absolute atomic E-state index is 11.8. The van der Waals surface area contributed by atoms with Gasteiger partial charge in [0.15, 0.2) is 20.4 Å². The van der Waals surface area contributed by atoms with E-state index >= 15 is 0 Å². The summed E-state index contributed by atoms with van der Waals surface area (Å²) in [6, 6.07) is 1.59. The third-order valence-corrected chi connectivity index (χ3v) is 8.61. The Morgan fingerprint density at radius 2 is 1.36 bits per heavy atom. The molecule has 5 nitrogen and oxygen atoms in total. The Bertz CT molecular complexity index is 386. The normalized spacial score (nSPS) is 13.9. The van der Waals surface area contributed by atoms with Gasteiger partial charge in [0.05, 0.1) is 6.61 Å². The highest BCUT2D eigenvalue weighted by atomic mass is 32.2. The van der Waals surface area contributed by atoms with E-state index in [1.54, 1.807) is 0 Å². The lowest BCUT2D eigenvalue weighted by atomic mass is 10.1. The number of carbonyl (C=O) groups is 1. The molecular weight excluding hydrogens is 391 g/mol. The molecule has 0 aliphatic rings. The lowest BCUT2D eigenvalue weighted by Crippen LogP contribution is -2.43. The van der Waals surface area contributed by atoms with Crippen molar-refractivity contribution in [2.45, 2.75) is 106 Å². The van der Waals surface area contributed by atoms with Crippen LogP contribution < -0.4 is 0 Å². The van der Waals surface area contributed by atoms with E-state index < -0.39 is 8.45 Å². The molecule has 0 fully saturated rings. The van der Waals surface area contributed by atoms with Crippen molar-refractivity contribution in [1.29, 1.82) is 0 Å². The Morgan fingerprint density at radius 3 is 1.75 bits per heavy atom. The average Bonchev–Trinajstić information content (AvgIpc) is 2.58. The summed E-state index contributed by atoms with van der Waals surface area (Å²) in [5, 5.41) is 0.288. The zero-order valence-corrected chi connectivity index (χ0v) is 21.6. The van der Waals surface area contributed by atoms with Crippen LogP contribution >= 0.6 is 20.2 Å². The fraction of sp³-hybridized carbons (Fsp3) is 0.952. The summed E-state index contributed by atoms with van der Waals surface area (Å²) in [4.78, 5) is 11.8. The Labute approximate surface area is 180 Å². The van der Waals surface area contributed by atoms with Crippen LogP contribution in [0.15, 0.2) is 0 Å². The first-order valence-corrected chi connectivity index (χ1v) is 12.9. The minimum absolute atomic E-state index is 0.147. The summed E-state index contributed by atoms with van der Waals surface area (Å²) in [7, 11) is -0.909. The number of carbonyl (C=O) groups excluding carboxylic acids is 1. The topological polar surface area (TPSA) is 42.0 Å². The molecule has 28 heavy (non-hydrogen) atoms. The summed E-state index contributed by atoms with van der Waals surface area (Å²) in [6.45, 7) is 22.8. The summed E-state index contributed by atoms with van der Waals surface area (Å²) < 4.78 is 17.0. The minimum atomic E-state index is -0.909. The first-order chi connectivity index (χ1) is 13.0. The van der Waals surface area contributed by atoms with E-state index in [1.807, 2.05) is 6.92 Å². The van der Waals surface area contributed by atoms with E-state index in [9.17, 15) is 4.79 Å². The van der Waals surface area contributed by atoms with Gasteiger partial charge in [0, 0.05) is 35.8 Å². The second-order valence-corrected chi connectivity index (χ2v) is 11.2. The molecule has 168 valence electrons. The van der Waals surface area contributed by atoms with Crippen LogP contribution in [-0.4, -0.2) is 57.8 Å². The quantitative estimate of drug-likeness (QED) is 0.175. The summed E-state index contributed by atoms with van der Waals surface area (Å²) in [5.74, 6) is 0.959. The predicted octanol–water partition coefficient (Wildman–Crippen LogP) is 6.14. The molecule has 0 N–H and O–H groups in total. The molecule has 0 aromatic carbocycles. The molecule has 1 atom stereocenters. The third kappa shape index (κ3) is 10.4. The van der Waals surface area contributed by atoms with E-state index in [-0.39, 0.29) is 11.0 Å². The molecule has 7 heteroatoms. The van der Waals surface area contributed by atoms with Gasteiger partial charge in [-0.2, -0.15) is 0 Å². The van der Waals surface area contributed by atoms with Crippen molar-refractivity contribution in [3.63, 3.8) is 0 Å². The fourth-order valence-corrected chi connectivity index (χ4v) is 6.19. The number of hydrogen-bond donors (Lipinski definition) is 0. The zero-order valence-electron chi connectivity index (χ0n) is 19.9. The summed E-state index contributed by atoms with van der Waals surface area (Å²) >= 11 is 1.43. The highest BCUT2D eigenvalue weighted by molar-refractivity contribution is 8.13. The fourth-order valence-electron chi connectivity index (χ4n) is 3.02. The maximum atomic E-state index is 11.8. The summed E-state index contributed by atoms with van der Waals surface area (Å²) in [5.41, 5.74) is 0. The molecule has 0 saturated carbocycles. The molecule has 0 radical (unpaired) electrons. The van der Waals surface area contributed by atoms with Gasteiger partial charge in [-0.3, -0.25) is 4.79 Å². The number of nitrogens with zero attached hydrogens (tertiary/aromatic N) is 2. The molecule has 0 aromatic heterocycles. The largest absolute Gasteiger partial charge is 0.355 e. The Morgan fingerprint density at radius 1 is 0.893 bits per heavy atom. The van der Waals surface area contributed by atoms with Crippen molar-refractivity contribution < 1.29 is 14.1 Å². The minimum Gasteiger partial charge on any atom is -0.355 e. The molecule has 0 saturated heterocycles. The van der Waals surface area contributed by atoms with Gasteiger partial charge in [-0.1, -0.05) is 25.6 Å². The van der Waals surface area contributed by atoms with Crippen LogP contribution in [0.1, 0.15) is 82.1 Å². The highest BCUT2D eigenvalue weighted by Gasteiger charge is 2.34.